The average Bonchev–Trinajstić information content (AvgIpc) is 2.69. The van der Waals surface area contributed by atoms with E-state index in [-0.39, 0.29) is 5.91 Å². The molecule has 1 aromatic rings. The maximum Gasteiger partial charge on any atom is 0.220 e. The van der Waals surface area contributed by atoms with Gasteiger partial charge in [0.25, 0.3) is 0 Å². The first-order valence-electron chi connectivity index (χ1n) is 10.9. The van der Waals surface area contributed by atoms with Crippen LogP contribution in [0.15, 0.2) is 28.1 Å². The lowest BCUT2D eigenvalue weighted by Gasteiger charge is -2.20. The molecule has 0 bridgehead atoms. The summed E-state index contributed by atoms with van der Waals surface area (Å²) in [5.74, 6) is 1.35. The van der Waals surface area contributed by atoms with Crippen molar-refractivity contribution >= 4 is 21.7 Å². The number of rotatable bonds is 9. The summed E-state index contributed by atoms with van der Waals surface area (Å²) in [7, 11) is -3.22. The molecule has 8 heteroatoms. The van der Waals surface area contributed by atoms with Gasteiger partial charge < -0.3 is 16.0 Å². The lowest BCUT2D eigenvalue weighted by atomic mass is 9.87. The Bertz CT molecular complexity index is 831. The molecule has 1 fully saturated rings. The summed E-state index contributed by atoms with van der Waals surface area (Å²) in [4.78, 5) is 17.0. The van der Waals surface area contributed by atoms with Crippen molar-refractivity contribution in [3.05, 3.63) is 29.3 Å². The molecule has 0 saturated heterocycles. The van der Waals surface area contributed by atoms with Crippen LogP contribution in [0.1, 0.15) is 56.6 Å². The molecule has 1 aliphatic carbocycles. The van der Waals surface area contributed by atoms with Crippen molar-refractivity contribution in [3.8, 4) is 0 Å². The molecule has 1 aliphatic rings. The standard InChI is InChI=1S/C22H36N4O3S/c1-4-23-22(25-13-12-24-21(27)15-18-8-6-5-7-9-18)26-16-19-10-11-20(17(2)14-19)30(3,28)29/h10-11,14,18H,4-9,12-13,15-16H2,1-3H3,(H,24,27)(H2,23,25,26). The lowest BCUT2D eigenvalue weighted by molar-refractivity contribution is -0.122. The van der Waals surface area contributed by atoms with Gasteiger partial charge in [0.15, 0.2) is 15.8 Å². The first-order chi connectivity index (χ1) is 14.3. The highest BCUT2D eigenvalue weighted by Gasteiger charge is 2.16. The van der Waals surface area contributed by atoms with Crippen LogP contribution in [0.25, 0.3) is 0 Å². The number of hydrogen-bond acceptors (Lipinski definition) is 4. The Balaban J connectivity index is 1.80. The summed E-state index contributed by atoms with van der Waals surface area (Å²) in [5.41, 5.74) is 1.67. The number of guanidine groups is 1. The van der Waals surface area contributed by atoms with Crippen molar-refractivity contribution in [2.45, 2.75) is 63.8 Å². The quantitative estimate of drug-likeness (QED) is 0.314. The summed E-state index contributed by atoms with van der Waals surface area (Å²) in [6, 6.07) is 5.29. The molecule has 0 heterocycles. The van der Waals surface area contributed by atoms with Crippen LogP contribution in [-0.2, 0) is 21.2 Å². The predicted octanol–water partition coefficient (Wildman–Crippen LogP) is 2.54. The maximum absolute atomic E-state index is 12.1. The minimum absolute atomic E-state index is 0.132. The third-order valence-corrected chi connectivity index (χ3v) is 6.60. The number of amides is 1. The minimum atomic E-state index is -3.22. The zero-order valence-electron chi connectivity index (χ0n) is 18.5. The van der Waals surface area contributed by atoms with Crippen LogP contribution in [0.5, 0.6) is 0 Å². The second kappa shape index (κ2) is 11.9. The number of sulfone groups is 1. The second-order valence-electron chi connectivity index (χ2n) is 8.05. The van der Waals surface area contributed by atoms with Crippen LogP contribution in [0.3, 0.4) is 0 Å². The molecule has 2 rings (SSSR count). The Kier molecular flexibility index (Phi) is 9.62. The van der Waals surface area contributed by atoms with Crippen LogP contribution in [0.2, 0.25) is 0 Å². The number of benzene rings is 1. The molecule has 7 nitrogen and oxygen atoms in total. The lowest BCUT2D eigenvalue weighted by Crippen LogP contribution is -2.41. The van der Waals surface area contributed by atoms with E-state index >= 15 is 0 Å². The Morgan fingerprint density at radius 1 is 1.10 bits per heavy atom. The van der Waals surface area contributed by atoms with Gasteiger partial charge >= 0.3 is 0 Å². The summed E-state index contributed by atoms with van der Waals surface area (Å²) >= 11 is 0. The van der Waals surface area contributed by atoms with Crippen molar-refractivity contribution in [2.24, 2.45) is 10.9 Å². The summed E-state index contributed by atoms with van der Waals surface area (Å²) in [5, 5.41) is 9.40. The van der Waals surface area contributed by atoms with Crippen LogP contribution in [0, 0.1) is 12.8 Å². The van der Waals surface area contributed by atoms with Gasteiger partial charge in [-0.1, -0.05) is 31.4 Å². The highest BCUT2D eigenvalue weighted by molar-refractivity contribution is 7.90. The number of carbonyl (C=O) groups excluding carboxylic acids is 1. The molecule has 3 N–H and O–H groups in total. The monoisotopic (exact) mass is 436 g/mol. The Morgan fingerprint density at radius 3 is 2.43 bits per heavy atom. The number of aryl methyl sites for hydroxylation is 1. The predicted molar refractivity (Wildman–Crippen MR) is 121 cm³/mol. The van der Waals surface area contributed by atoms with E-state index in [0.717, 1.165) is 17.7 Å². The summed E-state index contributed by atoms with van der Waals surface area (Å²) in [6.45, 7) is 6.10. The zero-order valence-corrected chi connectivity index (χ0v) is 19.3. The van der Waals surface area contributed by atoms with E-state index in [1.807, 2.05) is 13.0 Å². The average molecular weight is 437 g/mol. The SMILES string of the molecule is CCNC(=NCc1ccc(S(C)(=O)=O)c(C)c1)NCCNC(=O)CC1CCCCC1. The van der Waals surface area contributed by atoms with Gasteiger partial charge in [-0.2, -0.15) is 0 Å². The van der Waals surface area contributed by atoms with Crippen molar-refractivity contribution in [3.63, 3.8) is 0 Å². The van der Waals surface area contributed by atoms with Gasteiger partial charge in [-0.25, -0.2) is 13.4 Å². The summed E-state index contributed by atoms with van der Waals surface area (Å²) < 4.78 is 23.5. The molecule has 0 atom stereocenters. The molecule has 0 unspecified atom stereocenters. The Labute approximate surface area is 181 Å². The molecule has 1 aromatic carbocycles. The highest BCUT2D eigenvalue weighted by Crippen LogP contribution is 2.26. The molecule has 1 saturated carbocycles. The van der Waals surface area contributed by atoms with Gasteiger partial charge in [0.2, 0.25) is 5.91 Å². The first kappa shape index (κ1) is 24.2. The molecule has 30 heavy (non-hydrogen) atoms. The number of nitrogens with zero attached hydrogens (tertiary/aromatic N) is 1. The highest BCUT2D eigenvalue weighted by atomic mass is 32.2. The molecule has 0 spiro atoms. The Hall–Kier alpha value is -2.09. The number of carbonyl (C=O) groups is 1. The van der Waals surface area contributed by atoms with E-state index in [0.29, 0.717) is 42.8 Å². The fourth-order valence-corrected chi connectivity index (χ4v) is 4.81. The molecular weight excluding hydrogens is 400 g/mol. The van der Waals surface area contributed by atoms with Gasteiger partial charge in [-0.05, 0) is 49.8 Å². The van der Waals surface area contributed by atoms with E-state index in [2.05, 4.69) is 20.9 Å². The number of hydrogen-bond donors (Lipinski definition) is 3. The van der Waals surface area contributed by atoms with Crippen LogP contribution >= 0.6 is 0 Å². The van der Waals surface area contributed by atoms with Crippen molar-refractivity contribution in [1.29, 1.82) is 0 Å². The first-order valence-corrected chi connectivity index (χ1v) is 12.8. The summed E-state index contributed by atoms with van der Waals surface area (Å²) in [6.07, 6.45) is 8.00. The molecule has 168 valence electrons. The maximum atomic E-state index is 12.1. The van der Waals surface area contributed by atoms with Crippen LogP contribution < -0.4 is 16.0 Å². The van der Waals surface area contributed by atoms with Gasteiger partial charge in [-0.15, -0.1) is 0 Å². The third-order valence-electron chi connectivity index (χ3n) is 5.34. The van der Waals surface area contributed by atoms with Crippen LogP contribution in [0.4, 0.5) is 0 Å². The third kappa shape index (κ3) is 8.34. The molecular formula is C22H36N4O3S. The second-order valence-corrected chi connectivity index (χ2v) is 10.0. The van der Waals surface area contributed by atoms with Crippen LogP contribution in [-0.4, -0.2) is 46.2 Å². The molecule has 1 amide bonds. The van der Waals surface area contributed by atoms with E-state index in [4.69, 9.17) is 0 Å². The van der Waals surface area contributed by atoms with E-state index < -0.39 is 9.84 Å². The molecule has 0 aliphatic heterocycles. The zero-order chi connectivity index (χ0) is 22.0. The topological polar surface area (TPSA) is 99.7 Å². The minimum Gasteiger partial charge on any atom is -0.357 e. The molecule has 0 radical (unpaired) electrons. The number of aliphatic imine (C=N–C) groups is 1. The van der Waals surface area contributed by atoms with Crippen molar-refractivity contribution < 1.29 is 13.2 Å². The van der Waals surface area contributed by atoms with Gasteiger partial charge in [0, 0.05) is 32.3 Å². The van der Waals surface area contributed by atoms with Crippen molar-refractivity contribution in [2.75, 3.05) is 25.9 Å². The van der Waals surface area contributed by atoms with Gasteiger partial charge in [0.1, 0.15) is 0 Å². The fraction of sp³-hybridized carbons (Fsp3) is 0.636. The van der Waals surface area contributed by atoms with Gasteiger partial charge in [0.05, 0.1) is 11.4 Å². The smallest absolute Gasteiger partial charge is 0.220 e. The van der Waals surface area contributed by atoms with E-state index in [1.54, 1.807) is 19.1 Å². The largest absolute Gasteiger partial charge is 0.357 e. The molecule has 0 aromatic heterocycles. The van der Waals surface area contributed by atoms with Gasteiger partial charge in [-0.3, -0.25) is 4.79 Å². The fourth-order valence-electron chi connectivity index (χ4n) is 3.85. The number of nitrogens with one attached hydrogen (secondary N) is 3. The van der Waals surface area contributed by atoms with Crippen molar-refractivity contribution in [1.82, 2.24) is 16.0 Å². The Morgan fingerprint density at radius 2 is 1.80 bits per heavy atom. The normalized spacial score (nSPS) is 15.6. The van der Waals surface area contributed by atoms with E-state index in [1.165, 1.54) is 38.4 Å². The van der Waals surface area contributed by atoms with E-state index in [9.17, 15) is 13.2 Å².